The number of fused-ring (bicyclic) bond motifs is 4. The molecule has 28 heavy (non-hydrogen) atoms. The first kappa shape index (κ1) is 15.3. The van der Waals surface area contributed by atoms with E-state index in [9.17, 15) is 0 Å². The van der Waals surface area contributed by atoms with Crippen LogP contribution in [0.2, 0.25) is 0 Å². The number of nitrogens with zero attached hydrogens (tertiary/aromatic N) is 3. The fraction of sp³-hybridized carbons (Fsp3) is 0.0400. The van der Waals surface area contributed by atoms with Gasteiger partial charge in [0.05, 0.1) is 22.4 Å². The van der Waals surface area contributed by atoms with E-state index in [-0.39, 0.29) is 0 Å². The molecule has 1 aliphatic carbocycles. The summed E-state index contributed by atoms with van der Waals surface area (Å²) in [5.74, 6) is 0. The molecule has 0 spiro atoms. The molecule has 0 amide bonds. The maximum atomic E-state index is 4.95. The van der Waals surface area contributed by atoms with E-state index in [1.54, 1.807) is 0 Å². The molecule has 1 aliphatic rings. The van der Waals surface area contributed by atoms with Crippen molar-refractivity contribution in [3.63, 3.8) is 0 Å². The molecule has 1 aromatic heterocycles. The maximum Gasteiger partial charge on any atom is 0.0979 e. The lowest BCUT2D eigenvalue weighted by molar-refractivity contribution is 1.22. The molecule has 0 unspecified atom stereocenters. The Bertz CT molecular complexity index is 1320. The molecule has 3 nitrogen and oxygen atoms in total. The summed E-state index contributed by atoms with van der Waals surface area (Å²) < 4.78 is 0. The van der Waals surface area contributed by atoms with Gasteiger partial charge in [-0.1, -0.05) is 48.5 Å². The summed E-state index contributed by atoms with van der Waals surface area (Å²) in [4.78, 5) is 12.1. The summed E-state index contributed by atoms with van der Waals surface area (Å²) >= 11 is 0. The molecule has 132 valence electrons. The average molecular weight is 359 g/mol. The molecular formula is C25H17N3. The lowest BCUT2D eigenvalue weighted by Gasteiger charge is -2.22. The molecule has 4 aromatic carbocycles. The average Bonchev–Trinajstić information content (AvgIpc) is 3.07. The highest BCUT2D eigenvalue weighted by Gasteiger charge is 2.26. The summed E-state index contributed by atoms with van der Waals surface area (Å²) in [6.07, 6.45) is 0. The molecule has 0 saturated carbocycles. The number of benzene rings is 4. The maximum absolute atomic E-state index is 4.95. The van der Waals surface area contributed by atoms with Gasteiger partial charge in [-0.15, -0.1) is 0 Å². The molecule has 0 saturated heterocycles. The van der Waals surface area contributed by atoms with Crippen LogP contribution < -0.4 is 4.90 Å². The van der Waals surface area contributed by atoms with Gasteiger partial charge in [-0.25, -0.2) is 9.97 Å². The minimum absolute atomic E-state index is 0.938. The van der Waals surface area contributed by atoms with Gasteiger partial charge in [0.15, 0.2) is 0 Å². The number of rotatable bonds is 2. The summed E-state index contributed by atoms with van der Waals surface area (Å²) in [7, 11) is 2.12. The molecule has 0 N–H and O–H groups in total. The highest BCUT2D eigenvalue weighted by molar-refractivity contribution is 6.17. The number of anilines is 2. The lowest BCUT2D eigenvalue weighted by Crippen LogP contribution is -2.09. The summed E-state index contributed by atoms with van der Waals surface area (Å²) in [5, 5.41) is 2.47. The molecular weight excluding hydrogens is 342 g/mol. The zero-order valence-electron chi connectivity index (χ0n) is 15.4. The van der Waals surface area contributed by atoms with Crippen molar-refractivity contribution in [3.8, 4) is 22.5 Å². The van der Waals surface area contributed by atoms with E-state index in [1.165, 1.54) is 33.3 Å². The Morgan fingerprint density at radius 3 is 1.96 bits per heavy atom. The standard InChI is InChI=1S/C25H17N3/c1-28(16-8-3-2-4-9-16)22-15-14-19-23-17(22)10-7-11-18(23)24-25(19)27-21-13-6-5-12-20(21)26-24/h2-15H,1H3. The molecule has 0 radical (unpaired) electrons. The predicted octanol–water partition coefficient (Wildman–Crippen LogP) is 6.20. The largest absolute Gasteiger partial charge is 0.344 e. The van der Waals surface area contributed by atoms with Gasteiger partial charge in [0.1, 0.15) is 0 Å². The number of para-hydroxylation sites is 3. The SMILES string of the molecule is CN(c1ccccc1)c1ccc2c3c(cccc13)-c1nc3ccccc3nc1-2. The highest BCUT2D eigenvalue weighted by atomic mass is 15.1. The second-order valence-electron chi connectivity index (χ2n) is 7.16. The van der Waals surface area contributed by atoms with Crippen molar-refractivity contribution in [2.24, 2.45) is 0 Å². The van der Waals surface area contributed by atoms with E-state index in [4.69, 9.17) is 9.97 Å². The van der Waals surface area contributed by atoms with Gasteiger partial charge in [0.2, 0.25) is 0 Å². The zero-order chi connectivity index (χ0) is 18.7. The molecule has 5 aromatic rings. The van der Waals surface area contributed by atoms with Gasteiger partial charge in [-0.05, 0) is 36.4 Å². The zero-order valence-corrected chi connectivity index (χ0v) is 15.4. The Hall–Kier alpha value is -3.72. The highest BCUT2D eigenvalue weighted by Crippen LogP contribution is 2.48. The van der Waals surface area contributed by atoms with Crippen molar-refractivity contribution in [3.05, 3.63) is 84.9 Å². The van der Waals surface area contributed by atoms with Gasteiger partial charge < -0.3 is 4.90 Å². The normalized spacial score (nSPS) is 11.8. The Labute approximate surface area is 162 Å². The first-order chi connectivity index (χ1) is 13.8. The molecule has 0 bridgehead atoms. The quantitative estimate of drug-likeness (QED) is 0.369. The van der Waals surface area contributed by atoms with E-state index in [0.717, 1.165) is 22.4 Å². The van der Waals surface area contributed by atoms with Crippen LogP contribution in [0.25, 0.3) is 44.3 Å². The molecule has 0 atom stereocenters. The van der Waals surface area contributed by atoms with E-state index in [0.29, 0.717) is 0 Å². The van der Waals surface area contributed by atoms with Gasteiger partial charge in [-0.3, -0.25) is 0 Å². The first-order valence-electron chi connectivity index (χ1n) is 9.43. The molecule has 0 aliphatic heterocycles. The smallest absolute Gasteiger partial charge is 0.0979 e. The lowest BCUT2D eigenvalue weighted by atomic mass is 10.0. The fourth-order valence-corrected chi connectivity index (χ4v) is 4.24. The van der Waals surface area contributed by atoms with E-state index in [1.807, 2.05) is 30.3 Å². The molecule has 0 fully saturated rings. The van der Waals surface area contributed by atoms with Gasteiger partial charge in [0.25, 0.3) is 0 Å². The third-order valence-corrected chi connectivity index (χ3v) is 5.60. The van der Waals surface area contributed by atoms with Gasteiger partial charge in [0, 0.05) is 40.3 Å². The van der Waals surface area contributed by atoms with E-state index >= 15 is 0 Å². The van der Waals surface area contributed by atoms with Crippen molar-refractivity contribution >= 4 is 33.2 Å². The van der Waals surface area contributed by atoms with Crippen LogP contribution >= 0.6 is 0 Å². The monoisotopic (exact) mass is 359 g/mol. The Kier molecular flexibility index (Phi) is 3.09. The Morgan fingerprint density at radius 2 is 1.25 bits per heavy atom. The predicted molar refractivity (Wildman–Crippen MR) is 116 cm³/mol. The van der Waals surface area contributed by atoms with Gasteiger partial charge in [-0.2, -0.15) is 0 Å². The Morgan fingerprint density at radius 1 is 0.607 bits per heavy atom. The minimum atomic E-state index is 0.938. The summed E-state index contributed by atoms with van der Waals surface area (Å²) in [5.41, 5.74) is 8.54. The van der Waals surface area contributed by atoms with Crippen LogP contribution in [-0.4, -0.2) is 17.0 Å². The molecule has 1 heterocycles. The van der Waals surface area contributed by atoms with Crippen molar-refractivity contribution in [1.29, 1.82) is 0 Å². The van der Waals surface area contributed by atoms with Crippen LogP contribution in [0, 0.1) is 0 Å². The van der Waals surface area contributed by atoms with E-state index in [2.05, 4.69) is 66.5 Å². The summed E-state index contributed by atoms with van der Waals surface area (Å²) in [6.45, 7) is 0. The van der Waals surface area contributed by atoms with Crippen molar-refractivity contribution in [1.82, 2.24) is 9.97 Å². The van der Waals surface area contributed by atoms with E-state index < -0.39 is 0 Å². The van der Waals surface area contributed by atoms with Crippen LogP contribution in [0.1, 0.15) is 0 Å². The topological polar surface area (TPSA) is 29.0 Å². The second kappa shape index (κ2) is 5.64. The minimum Gasteiger partial charge on any atom is -0.344 e. The van der Waals surface area contributed by atoms with Gasteiger partial charge >= 0.3 is 0 Å². The van der Waals surface area contributed by atoms with Crippen molar-refractivity contribution in [2.75, 3.05) is 11.9 Å². The summed E-state index contributed by atoms with van der Waals surface area (Å²) in [6, 6.07) is 29.4. The van der Waals surface area contributed by atoms with Crippen LogP contribution in [0.15, 0.2) is 84.9 Å². The van der Waals surface area contributed by atoms with Crippen molar-refractivity contribution in [2.45, 2.75) is 0 Å². The first-order valence-corrected chi connectivity index (χ1v) is 9.43. The molecule has 6 rings (SSSR count). The van der Waals surface area contributed by atoms with Crippen LogP contribution in [0.4, 0.5) is 11.4 Å². The number of hydrogen-bond donors (Lipinski definition) is 0. The van der Waals surface area contributed by atoms with Crippen LogP contribution in [0.3, 0.4) is 0 Å². The third kappa shape index (κ3) is 2.04. The third-order valence-electron chi connectivity index (χ3n) is 5.60. The number of aromatic nitrogens is 2. The Balaban J connectivity index is 1.64. The van der Waals surface area contributed by atoms with Crippen molar-refractivity contribution < 1.29 is 0 Å². The van der Waals surface area contributed by atoms with Crippen LogP contribution in [0.5, 0.6) is 0 Å². The number of hydrogen-bond acceptors (Lipinski definition) is 3. The molecule has 3 heteroatoms. The van der Waals surface area contributed by atoms with Crippen LogP contribution in [-0.2, 0) is 0 Å². The second-order valence-corrected chi connectivity index (χ2v) is 7.16. The fourth-order valence-electron chi connectivity index (χ4n) is 4.24.